The van der Waals surface area contributed by atoms with Crippen molar-refractivity contribution in [1.82, 2.24) is 15.1 Å². The molecule has 3 aromatic rings. The Morgan fingerprint density at radius 2 is 1.86 bits per heavy atom. The Hall–Kier alpha value is -3.35. The molecule has 1 aromatic heterocycles. The Bertz CT molecular complexity index is 1110. The van der Waals surface area contributed by atoms with Crippen molar-refractivity contribution in [2.45, 2.75) is 26.4 Å². The molecular formula is C21H21N3O4. The van der Waals surface area contributed by atoms with E-state index in [9.17, 15) is 9.59 Å². The van der Waals surface area contributed by atoms with Gasteiger partial charge in [-0.1, -0.05) is 24.3 Å². The van der Waals surface area contributed by atoms with Crippen LogP contribution in [0.2, 0.25) is 0 Å². The number of amides is 1. The van der Waals surface area contributed by atoms with E-state index in [0.717, 1.165) is 5.56 Å². The number of ether oxygens (including phenoxy) is 2. The lowest BCUT2D eigenvalue weighted by molar-refractivity contribution is 0.0934. The van der Waals surface area contributed by atoms with Crippen LogP contribution >= 0.6 is 0 Å². The van der Waals surface area contributed by atoms with Gasteiger partial charge in [0.25, 0.3) is 11.5 Å². The molecule has 1 amide bonds. The Labute approximate surface area is 161 Å². The predicted octanol–water partition coefficient (Wildman–Crippen LogP) is 2.68. The number of nitrogens with one attached hydrogen (secondary N) is 1. The summed E-state index contributed by atoms with van der Waals surface area (Å²) in [6.45, 7) is 5.14. The van der Waals surface area contributed by atoms with E-state index in [1.54, 1.807) is 24.3 Å². The van der Waals surface area contributed by atoms with Gasteiger partial charge in [-0.3, -0.25) is 9.59 Å². The van der Waals surface area contributed by atoms with Gasteiger partial charge in [0.2, 0.25) is 0 Å². The molecule has 0 saturated heterocycles. The first-order valence-corrected chi connectivity index (χ1v) is 9.28. The van der Waals surface area contributed by atoms with Gasteiger partial charge in [-0.2, -0.15) is 5.10 Å². The number of rotatable bonds is 4. The summed E-state index contributed by atoms with van der Waals surface area (Å²) in [6, 6.07) is 12.4. The molecular weight excluding hydrogens is 358 g/mol. The minimum absolute atomic E-state index is 0.200. The van der Waals surface area contributed by atoms with E-state index in [4.69, 9.17) is 9.47 Å². The highest BCUT2D eigenvalue weighted by Gasteiger charge is 2.20. The summed E-state index contributed by atoms with van der Waals surface area (Å²) in [4.78, 5) is 25.4. The normalized spacial score (nSPS) is 13.9. The molecule has 0 radical (unpaired) electrons. The zero-order valence-corrected chi connectivity index (χ0v) is 15.8. The summed E-state index contributed by atoms with van der Waals surface area (Å²) in [6.07, 6.45) is 0. The average molecular weight is 379 g/mol. The molecule has 144 valence electrons. The van der Waals surface area contributed by atoms with E-state index in [-0.39, 0.29) is 23.2 Å². The summed E-state index contributed by atoms with van der Waals surface area (Å²) in [7, 11) is 0. The summed E-state index contributed by atoms with van der Waals surface area (Å²) in [5.41, 5.74) is 0.932. The topological polar surface area (TPSA) is 82.5 Å². The molecule has 0 fully saturated rings. The standard InChI is InChI=1S/C21H21N3O4/c1-3-24-21(26)16-7-5-4-6-15(16)19(23-24)20(25)22-13(2)14-8-9-17-18(12-14)28-11-10-27-17/h4-9,12-13H,3,10-11H2,1-2H3,(H,22,25)/t13-/m0/s1. The molecule has 0 spiro atoms. The fourth-order valence-electron chi connectivity index (χ4n) is 3.29. The molecule has 1 N–H and O–H groups in total. The van der Waals surface area contributed by atoms with Gasteiger partial charge in [-0.05, 0) is 37.6 Å². The molecule has 0 saturated carbocycles. The second kappa shape index (κ2) is 7.34. The first kappa shape index (κ1) is 18.0. The summed E-state index contributed by atoms with van der Waals surface area (Å²) in [5, 5.41) is 8.28. The fraction of sp³-hybridized carbons (Fsp3) is 0.286. The van der Waals surface area contributed by atoms with Crippen LogP contribution in [0.5, 0.6) is 11.5 Å². The number of hydrogen-bond donors (Lipinski definition) is 1. The third-order valence-corrected chi connectivity index (χ3v) is 4.80. The number of aryl methyl sites for hydroxylation is 1. The minimum atomic E-state index is -0.333. The smallest absolute Gasteiger partial charge is 0.274 e. The van der Waals surface area contributed by atoms with E-state index in [1.165, 1.54) is 4.68 Å². The van der Waals surface area contributed by atoms with Gasteiger partial charge >= 0.3 is 0 Å². The summed E-state index contributed by atoms with van der Waals surface area (Å²) >= 11 is 0. The second-order valence-electron chi connectivity index (χ2n) is 6.61. The van der Waals surface area contributed by atoms with Crippen LogP contribution in [0.3, 0.4) is 0 Å². The minimum Gasteiger partial charge on any atom is -0.486 e. The van der Waals surface area contributed by atoms with E-state index < -0.39 is 0 Å². The Morgan fingerprint density at radius 1 is 1.14 bits per heavy atom. The molecule has 7 nitrogen and oxygen atoms in total. The van der Waals surface area contributed by atoms with Crippen molar-refractivity contribution in [2.24, 2.45) is 0 Å². The van der Waals surface area contributed by atoms with Gasteiger partial charge in [0, 0.05) is 11.9 Å². The number of hydrogen-bond acceptors (Lipinski definition) is 5. The highest BCUT2D eigenvalue weighted by Crippen LogP contribution is 2.32. The van der Waals surface area contributed by atoms with Crippen molar-refractivity contribution in [1.29, 1.82) is 0 Å². The maximum atomic E-state index is 13.0. The predicted molar refractivity (Wildman–Crippen MR) is 105 cm³/mol. The lowest BCUT2D eigenvalue weighted by Gasteiger charge is -2.21. The molecule has 1 aliphatic rings. The molecule has 2 aromatic carbocycles. The number of carbonyl (C=O) groups is 1. The quantitative estimate of drug-likeness (QED) is 0.754. The van der Waals surface area contributed by atoms with Gasteiger partial charge in [-0.15, -0.1) is 0 Å². The van der Waals surface area contributed by atoms with Crippen LogP contribution in [0.4, 0.5) is 0 Å². The third kappa shape index (κ3) is 3.19. The lowest BCUT2D eigenvalue weighted by atomic mass is 10.1. The average Bonchev–Trinajstić information content (AvgIpc) is 2.73. The van der Waals surface area contributed by atoms with Gasteiger partial charge in [0.1, 0.15) is 13.2 Å². The molecule has 4 rings (SSSR count). The van der Waals surface area contributed by atoms with Crippen LogP contribution in [0, 0.1) is 0 Å². The fourth-order valence-corrected chi connectivity index (χ4v) is 3.29. The maximum Gasteiger partial charge on any atom is 0.274 e. The van der Waals surface area contributed by atoms with Gasteiger partial charge in [-0.25, -0.2) is 4.68 Å². The van der Waals surface area contributed by atoms with Crippen LogP contribution in [0.1, 0.15) is 35.9 Å². The van der Waals surface area contributed by atoms with Crippen LogP contribution < -0.4 is 20.3 Å². The monoisotopic (exact) mass is 379 g/mol. The molecule has 0 unspecified atom stereocenters. The highest BCUT2D eigenvalue weighted by atomic mass is 16.6. The largest absolute Gasteiger partial charge is 0.486 e. The second-order valence-corrected chi connectivity index (χ2v) is 6.61. The van der Waals surface area contributed by atoms with Crippen LogP contribution in [0.25, 0.3) is 10.8 Å². The molecule has 0 bridgehead atoms. The number of carbonyl (C=O) groups excluding carboxylic acids is 1. The number of aromatic nitrogens is 2. The van der Waals surface area contributed by atoms with E-state index in [2.05, 4.69) is 10.4 Å². The first-order valence-electron chi connectivity index (χ1n) is 9.28. The Kier molecular flexibility index (Phi) is 4.73. The van der Waals surface area contributed by atoms with Crippen LogP contribution in [-0.2, 0) is 6.54 Å². The van der Waals surface area contributed by atoms with Crippen molar-refractivity contribution in [2.75, 3.05) is 13.2 Å². The van der Waals surface area contributed by atoms with Gasteiger partial charge in [0.15, 0.2) is 17.2 Å². The van der Waals surface area contributed by atoms with Crippen LogP contribution in [0.15, 0.2) is 47.3 Å². The Morgan fingerprint density at radius 3 is 2.61 bits per heavy atom. The highest BCUT2D eigenvalue weighted by molar-refractivity contribution is 6.04. The van der Waals surface area contributed by atoms with Crippen molar-refractivity contribution in [3.05, 3.63) is 64.1 Å². The zero-order chi connectivity index (χ0) is 19.7. The van der Waals surface area contributed by atoms with E-state index in [0.29, 0.717) is 42.0 Å². The number of fused-ring (bicyclic) bond motifs is 2. The molecule has 1 aliphatic heterocycles. The first-order chi connectivity index (χ1) is 13.6. The summed E-state index contributed by atoms with van der Waals surface area (Å²) < 4.78 is 12.5. The van der Waals surface area contributed by atoms with Crippen LogP contribution in [-0.4, -0.2) is 28.9 Å². The van der Waals surface area contributed by atoms with Crippen molar-refractivity contribution < 1.29 is 14.3 Å². The molecule has 0 aliphatic carbocycles. The SMILES string of the molecule is CCn1nc(C(=O)N[C@@H](C)c2ccc3c(c2)OCCO3)c2ccccc2c1=O. The third-order valence-electron chi connectivity index (χ3n) is 4.80. The van der Waals surface area contributed by atoms with Gasteiger partial charge < -0.3 is 14.8 Å². The van der Waals surface area contributed by atoms with E-state index >= 15 is 0 Å². The lowest BCUT2D eigenvalue weighted by Crippen LogP contribution is -2.32. The van der Waals surface area contributed by atoms with Crippen molar-refractivity contribution in [3.8, 4) is 11.5 Å². The molecule has 1 atom stereocenters. The molecule has 7 heteroatoms. The van der Waals surface area contributed by atoms with Gasteiger partial charge in [0.05, 0.1) is 11.4 Å². The molecule has 28 heavy (non-hydrogen) atoms. The molecule has 2 heterocycles. The van der Waals surface area contributed by atoms with Crippen molar-refractivity contribution in [3.63, 3.8) is 0 Å². The number of benzene rings is 2. The Balaban J connectivity index is 1.65. The van der Waals surface area contributed by atoms with E-state index in [1.807, 2.05) is 32.0 Å². The maximum absolute atomic E-state index is 13.0. The zero-order valence-electron chi connectivity index (χ0n) is 15.8. The summed E-state index contributed by atoms with van der Waals surface area (Å²) in [5.74, 6) is 1.05. The van der Waals surface area contributed by atoms with Crippen molar-refractivity contribution >= 4 is 16.7 Å². The number of nitrogens with zero attached hydrogens (tertiary/aromatic N) is 2.